The molecule has 98 valence electrons. The fourth-order valence-electron chi connectivity index (χ4n) is 2.46. The van der Waals surface area contributed by atoms with E-state index in [-0.39, 0.29) is 0 Å². The van der Waals surface area contributed by atoms with Crippen molar-refractivity contribution in [3.63, 3.8) is 0 Å². The maximum Gasteiger partial charge on any atom is 0.189 e. The molecule has 1 fully saturated rings. The molecule has 0 unspecified atom stereocenters. The zero-order valence-corrected chi connectivity index (χ0v) is 10.2. The van der Waals surface area contributed by atoms with E-state index in [9.17, 15) is 0 Å². The molecule has 0 radical (unpaired) electrons. The van der Waals surface area contributed by atoms with Gasteiger partial charge in [-0.15, -0.1) is 0 Å². The predicted molar refractivity (Wildman–Crippen MR) is 71.3 cm³/mol. The van der Waals surface area contributed by atoms with Crippen LogP contribution >= 0.6 is 0 Å². The minimum atomic E-state index is 0.530. The molecule has 0 bridgehead atoms. The number of hydrogen-bond acceptors (Lipinski definition) is 6. The lowest BCUT2D eigenvalue weighted by Crippen LogP contribution is -2.44. The maximum absolute atomic E-state index is 6.10. The fraction of sp³-hybridized carbons (Fsp3) is 0.500. The van der Waals surface area contributed by atoms with Gasteiger partial charge in [0.15, 0.2) is 11.5 Å². The van der Waals surface area contributed by atoms with Gasteiger partial charge in [-0.1, -0.05) is 0 Å². The van der Waals surface area contributed by atoms with E-state index in [1.54, 1.807) is 6.07 Å². The molecule has 0 aliphatic carbocycles. The van der Waals surface area contributed by atoms with Gasteiger partial charge in [0.25, 0.3) is 0 Å². The predicted octanol–water partition coefficient (Wildman–Crippen LogP) is 0.0318. The van der Waals surface area contributed by atoms with Gasteiger partial charge in [0.2, 0.25) is 0 Å². The summed E-state index contributed by atoms with van der Waals surface area (Å²) < 4.78 is 11.3. The average molecular weight is 250 g/mol. The van der Waals surface area contributed by atoms with E-state index in [0.29, 0.717) is 36.1 Å². The van der Waals surface area contributed by atoms with E-state index < -0.39 is 0 Å². The topological polar surface area (TPSA) is 85.8 Å². The highest BCUT2D eigenvalue weighted by atomic mass is 16.6. The van der Waals surface area contributed by atoms with E-state index in [1.165, 1.54) is 0 Å². The third-order valence-electron chi connectivity index (χ3n) is 3.28. The highest BCUT2D eigenvalue weighted by molar-refractivity contribution is 5.85. The summed E-state index contributed by atoms with van der Waals surface area (Å²) in [5, 5.41) is 3.32. The lowest BCUT2D eigenvalue weighted by Gasteiger charge is -2.33. The summed E-state index contributed by atoms with van der Waals surface area (Å²) in [6.45, 7) is 4.77. The van der Waals surface area contributed by atoms with Crippen LogP contribution in [0.1, 0.15) is 0 Å². The molecule has 0 aromatic heterocycles. The fourth-order valence-corrected chi connectivity index (χ4v) is 2.46. The summed E-state index contributed by atoms with van der Waals surface area (Å²) in [4.78, 5) is 2.22. The van der Waals surface area contributed by atoms with Crippen molar-refractivity contribution in [3.8, 4) is 11.5 Å². The second-order valence-corrected chi connectivity index (χ2v) is 4.50. The van der Waals surface area contributed by atoms with E-state index in [2.05, 4.69) is 10.2 Å². The number of rotatable bonds is 1. The molecule has 0 spiro atoms. The average Bonchev–Trinajstić information content (AvgIpc) is 2.40. The molecule has 2 heterocycles. The van der Waals surface area contributed by atoms with E-state index in [0.717, 1.165) is 31.9 Å². The SMILES string of the molecule is Nc1cc(N)c(N2CCNCC2)c2c1OCCO2. The monoisotopic (exact) mass is 250 g/mol. The molecule has 0 amide bonds. The van der Waals surface area contributed by atoms with Gasteiger partial charge < -0.3 is 31.2 Å². The molecule has 1 saturated heterocycles. The van der Waals surface area contributed by atoms with Gasteiger partial charge in [0.05, 0.1) is 11.4 Å². The number of nitrogens with one attached hydrogen (secondary N) is 1. The number of ether oxygens (including phenoxy) is 2. The number of fused-ring (bicyclic) bond motifs is 1. The summed E-state index contributed by atoms with van der Waals surface area (Å²) in [5.74, 6) is 1.32. The molecule has 2 aliphatic heterocycles. The van der Waals surface area contributed by atoms with Crippen molar-refractivity contribution in [2.24, 2.45) is 0 Å². The molecular formula is C12H18N4O2. The lowest BCUT2D eigenvalue weighted by atomic mass is 10.1. The maximum atomic E-state index is 6.10. The van der Waals surface area contributed by atoms with E-state index in [4.69, 9.17) is 20.9 Å². The largest absolute Gasteiger partial charge is 0.484 e. The Labute approximate surface area is 106 Å². The van der Waals surface area contributed by atoms with E-state index >= 15 is 0 Å². The number of benzene rings is 1. The van der Waals surface area contributed by atoms with Gasteiger partial charge in [-0.05, 0) is 6.07 Å². The molecular weight excluding hydrogens is 232 g/mol. The number of nitrogens with two attached hydrogens (primary N) is 2. The zero-order chi connectivity index (χ0) is 12.5. The van der Waals surface area contributed by atoms with Gasteiger partial charge in [-0.3, -0.25) is 0 Å². The first kappa shape index (κ1) is 11.3. The highest BCUT2D eigenvalue weighted by Crippen LogP contribution is 2.47. The van der Waals surface area contributed by atoms with Crippen molar-refractivity contribution in [2.75, 3.05) is 55.8 Å². The number of hydrogen-bond donors (Lipinski definition) is 3. The zero-order valence-electron chi connectivity index (χ0n) is 10.2. The number of nitrogen functional groups attached to an aromatic ring is 2. The molecule has 6 heteroatoms. The molecule has 1 aromatic carbocycles. The lowest BCUT2D eigenvalue weighted by molar-refractivity contribution is 0.173. The molecule has 0 atom stereocenters. The van der Waals surface area contributed by atoms with Crippen LogP contribution in [0.2, 0.25) is 0 Å². The Kier molecular flexibility index (Phi) is 2.79. The van der Waals surface area contributed by atoms with Crippen LogP contribution in [0.3, 0.4) is 0 Å². The van der Waals surface area contributed by atoms with Crippen LogP contribution in [0, 0.1) is 0 Å². The van der Waals surface area contributed by atoms with Crippen LogP contribution in [0.4, 0.5) is 17.1 Å². The first-order valence-corrected chi connectivity index (χ1v) is 6.20. The Morgan fingerprint density at radius 1 is 1.00 bits per heavy atom. The molecule has 6 nitrogen and oxygen atoms in total. The van der Waals surface area contributed by atoms with Crippen molar-refractivity contribution >= 4 is 17.1 Å². The first-order chi connectivity index (χ1) is 8.77. The van der Waals surface area contributed by atoms with Gasteiger partial charge in [-0.2, -0.15) is 0 Å². The quantitative estimate of drug-likeness (QED) is 0.610. The van der Waals surface area contributed by atoms with Crippen LogP contribution in [0.15, 0.2) is 6.07 Å². The van der Waals surface area contributed by atoms with Crippen LogP contribution in [-0.2, 0) is 0 Å². The van der Waals surface area contributed by atoms with Crippen molar-refractivity contribution in [1.82, 2.24) is 5.32 Å². The minimum absolute atomic E-state index is 0.530. The summed E-state index contributed by atoms with van der Waals surface area (Å²) >= 11 is 0. The summed E-state index contributed by atoms with van der Waals surface area (Å²) in [5.41, 5.74) is 14.1. The smallest absolute Gasteiger partial charge is 0.189 e. The van der Waals surface area contributed by atoms with Crippen LogP contribution in [0.5, 0.6) is 11.5 Å². The normalized spacial score (nSPS) is 18.8. The summed E-state index contributed by atoms with van der Waals surface area (Å²) in [7, 11) is 0. The Morgan fingerprint density at radius 2 is 1.67 bits per heavy atom. The third-order valence-corrected chi connectivity index (χ3v) is 3.28. The standard InChI is InChI=1S/C12H18N4O2/c13-8-7-9(14)11-12(18-6-5-17-11)10(8)16-3-1-15-2-4-16/h7,15H,1-6,13-14H2. The molecule has 2 aliphatic rings. The third kappa shape index (κ3) is 1.78. The highest BCUT2D eigenvalue weighted by Gasteiger charge is 2.26. The van der Waals surface area contributed by atoms with Crippen molar-refractivity contribution in [3.05, 3.63) is 6.07 Å². The van der Waals surface area contributed by atoms with Gasteiger partial charge in [-0.25, -0.2) is 0 Å². The molecule has 3 rings (SSSR count). The van der Waals surface area contributed by atoms with Crippen LogP contribution in [0.25, 0.3) is 0 Å². The van der Waals surface area contributed by atoms with Gasteiger partial charge in [0.1, 0.15) is 18.9 Å². The van der Waals surface area contributed by atoms with Crippen molar-refractivity contribution < 1.29 is 9.47 Å². The Morgan fingerprint density at radius 3 is 2.39 bits per heavy atom. The minimum Gasteiger partial charge on any atom is -0.484 e. The van der Waals surface area contributed by atoms with Crippen LogP contribution < -0.4 is 31.2 Å². The Bertz CT molecular complexity index is 458. The number of piperazine rings is 1. The molecule has 5 N–H and O–H groups in total. The summed E-state index contributed by atoms with van der Waals surface area (Å²) in [6, 6.07) is 1.75. The second kappa shape index (κ2) is 4.45. The molecule has 0 saturated carbocycles. The van der Waals surface area contributed by atoms with Gasteiger partial charge >= 0.3 is 0 Å². The first-order valence-electron chi connectivity index (χ1n) is 6.20. The number of nitrogens with zero attached hydrogens (tertiary/aromatic N) is 1. The van der Waals surface area contributed by atoms with Gasteiger partial charge in [0, 0.05) is 26.2 Å². The molecule has 1 aromatic rings. The Balaban J connectivity index is 2.06. The molecule has 18 heavy (non-hydrogen) atoms. The summed E-state index contributed by atoms with van der Waals surface area (Å²) in [6.07, 6.45) is 0. The van der Waals surface area contributed by atoms with Crippen molar-refractivity contribution in [1.29, 1.82) is 0 Å². The number of anilines is 3. The van der Waals surface area contributed by atoms with E-state index in [1.807, 2.05) is 0 Å². The Hall–Kier alpha value is -1.82. The van der Waals surface area contributed by atoms with Crippen molar-refractivity contribution in [2.45, 2.75) is 0 Å². The van der Waals surface area contributed by atoms with Crippen LogP contribution in [-0.4, -0.2) is 39.4 Å². The second-order valence-electron chi connectivity index (χ2n) is 4.50.